The zero-order chi connectivity index (χ0) is 19.2. The lowest BCUT2D eigenvalue weighted by Crippen LogP contribution is -2.30. The Morgan fingerprint density at radius 2 is 1.64 bits per heavy atom. The van der Waals surface area contributed by atoms with Gasteiger partial charge in [0, 0.05) is 5.75 Å². The lowest BCUT2D eigenvalue weighted by Gasteiger charge is -2.26. The van der Waals surface area contributed by atoms with Crippen molar-refractivity contribution < 1.29 is 4.39 Å². The first-order valence-corrected chi connectivity index (χ1v) is 10.8. The Bertz CT molecular complexity index is 891. The van der Waals surface area contributed by atoms with E-state index in [4.69, 9.17) is 0 Å². The Morgan fingerprint density at radius 1 is 0.857 bits per heavy atom. The molecule has 0 bridgehead atoms. The van der Waals surface area contributed by atoms with E-state index in [2.05, 4.69) is 43.9 Å². The quantitative estimate of drug-likeness (QED) is 0.540. The molecule has 0 saturated carbocycles. The number of benzene rings is 2. The molecule has 3 aromatic rings. The van der Waals surface area contributed by atoms with E-state index in [0.29, 0.717) is 5.75 Å². The highest BCUT2D eigenvalue weighted by Crippen LogP contribution is 2.24. The van der Waals surface area contributed by atoms with Gasteiger partial charge in [-0.05, 0) is 49.2 Å². The van der Waals surface area contributed by atoms with Crippen molar-refractivity contribution in [3.05, 3.63) is 77.4 Å². The van der Waals surface area contributed by atoms with Crippen LogP contribution in [0.25, 0.3) is 0 Å². The third-order valence-corrected chi connectivity index (χ3v) is 6.09. The number of hydrogen-bond donors (Lipinski definition) is 0. The van der Waals surface area contributed by atoms with Crippen molar-refractivity contribution >= 4 is 11.8 Å². The molecule has 6 heteroatoms. The van der Waals surface area contributed by atoms with Crippen LogP contribution in [0, 0.1) is 5.82 Å². The fraction of sp³-hybridized carbons (Fsp3) is 0.364. The van der Waals surface area contributed by atoms with Gasteiger partial charge in [-0.25, -0.2) is 4.39 Å². The molecule has 1 aromatic heterocycles. The van der Waals surface area contributed by atoms with E-state index in [1.807, 2.05) is 12.1 Å². The average Bonchev–Trinajstić information content (AvgIpc) is 3.09. The van der Waals surface area contributed by atoms with E-state index in [1.54, 1.807) is 23.9 Å². The summed E-state index contributed by atoms with van der Waals surface area (Å²) in [6.07, 6.45) is 3.84. The number of rotatable bonds is 7. The molecule has 1 aliphatic heterocycles. The Labute approximate surface area is 169 Å². The maximum Gasteiger partial charge on any atom is 0.191 e. The van der Waals surface area contributed by atoms with Gasteiger partial charge in [-0.3, -0.25) is 4.90 Å². The molecule has 0 unspecified atom stereocenters. The van der Waals surface area contributed by atoms with Gasteiger partial charge in [-0.2, -0.15) is 0 Å². The van der Waals surface area contributed by atoms with E-state index < -0.39 is 0 Å². The van der Waals surface area contributed by atoms with E-state index in [1.165, 1.54) is 30.9 Å². The first-order chi connectivity index (χ1) is 13.8. The van der Waals surface area contributed by atoms with Crippen molar-refractivity contribution in [3.8, 4) is 0 Å². The smallest absolute Gasteiger partial charge is 0.191 e. The number of thioether (sulfide) groups is 1. The third kappa shape index (κ3) is 5.00. The largest absolute Gasteiger partial charge is 0.300 e. The standard InChI is InChI=1S/C22H25FN4S/c23-20-11-7-10-19(14-20)17-28-22-25-24-21(16-26-12-5-2-6-13-26)27(22)15-18-8-3-1-4-9-18/h1,3-4,7-11,14H,2,5-6,12-13,15-17H2. The summed E-state index contributed by atoms with van der Waals surface area (Å²) >= 11 is 1.62. The molecule has 2 heterocycles. The molecular weight excluding hydrogens is 371 g/mol. The zero-order valence-electron chi connectivity index (χ0n) is 15.9. The van der Waals surface area contributed by atoms with Crippen LogP contribution in [0.3, 0.4) is 0 Å². The van der Waals surface area contributed by atoms with Gasteiger partial charge in [0.15, 0.2) is 5.16 Å². The predicted octanol–water partition coefficient (Wildman–Crippen LogP) is 4.74. The van der Waals surface area contributed by atoms with Crippen molar-refractivity contribution in [1.82, 2.24) is 19.7 Å². The first kappa shape index (κ1) is 19.2. The fourth-order valence-electron chi connectivity index (χ4n) is 3.56. The molecule has 2 aromatic carbocycles. The summed E-state index contributed by atoms with van der Waals surface area (Å²) < 4.78 is 15.7. The van der Waals surface area contributed by atoms with Crippen LogP contribution in [-0.4, -0.2) is 32.8 Å². The molecule has 4 nitrogen and oxygen atoms in total. The Hall–Kier alpha value is -2.18. The summed E-state index contributed by atoms with van der Waals surface area (Å²) in [6.45, 7) is 3.84. The lowest BCUT2D eigenvalue weighted by molar-refractivity contribution is 0.213. The maximum atomic E-state index is 13.5. The van der Waals surface area contributed by atoms with Crippen LogP contribution in [0.15, 0.2) is 59.8 Å². The van der Waals surface area contributed by atoms with Crippen LogP contribution in [0.4, 0.5) is 4.39 Å². The van der Waals surface area contributed by atoms with Crippen molar-refractivity contribution in [3.63, 3.8) is 0 Å². The summed E-state index contributed by atoms with van der Waals surface area (Å²) in [5.74, 6) is 1.48. The molecular formula is C22H25FN4S. The lowest BCUT2D eigenvalue weighted by atomic mass is 10.1. The summed E-state index contributed by atoms with van der Waals surface area (Å²) in [5.41, 5.74) is 2.19. The van der Waals surface area contributed by atoms with Crippen LogP contribution < -0.4 is 0 Å². The summed E-state index contributed by atoms with van der Waals surface area (Å²) in [6, 6.07) is 17.2. The predicted molar refractivity (Wildman–Crippen MR) is 111 cm³/mol. The topological polar surface area (TPSA) is 34.0 Å². The van der Waals surface area contributed by atoms with E-state index >= 15 is 0 Å². The highest BCUT2D eigenvalue weighted by atomic mass is 32.2. The SMILES string of the molecule is Fc1cccc(CSc2nnc(CN3CCCCC3)n2Cc2ccccc2)c1. The van der Waals surface area contributed by atoms with Crippen LogP contribution in [-0.2, 0) is 18.8 Å². The molecule has 28 heavy (non-hydrogen) atoms. The third-order valence-electron chi connectivity index (χ3n) is 5.05. The molecule has 1 saturated heterocycles. The minimum Gasteiger partial charge on any atom is -0.300 e. The highest BCUT2D eigenvalue weighted by Gasteiger charge is 2.18. The van der Waals surface area contributed by atoms with Crippen LogP contribution >= 0.6 is 11.8 Å². The van der Waals surface area contributed by atoms with E-state index in [9.17, 15) is 4.39 Å². The number of likely N-dealkylation sites (tertiary alicyclic amines) is 1. The van der Waals surface area contributed by atoms with Crippen LogP contribution in [0.2, 0.25) is 0 Å². The van der Waals surface area contributed by atoms with Gasteiger partial charge in [-0.15, -0.1) is 10.2 Å². The van der Waals surface area contributed by atoms with Gasteiger partial charge < -0.3 is 4.57 Å². The number of nitrogens with zero attached hydrogens (tertiary/aromatic N) is 4. The van der Waals surface area contributed by atoms with Gasteiger partial charge in [0.1, 0.15) is 11.6 Å². The second kappa shape index (κ2) is 9.34. The number of hydrogen-bond acceptors (Lipinski definition) is 4. The highest BCUT2D eigenvalue weighted by molar-refractivity contribution is 7.98. The van der Waals surface area contributed by atoms with Gasteiger partial charge in [0.2, 0.25) is 0 Å². The molecule has 1 aliphatic rings. The summed E-state index contributed by atoms with van der Waals surface area (Å²) in [4.78, 5) is 2.47. The van der Waals surface area contributed by atoms with Gasteiger partial charge in [0.25, 0.3) is 0 Å². The minimum atomic E-state index is -0.199. The summed E-state index contributed by atoms with van der Waals surface area (Å²) in [7, 11) is 0. The van der Waals surface area contributed by atoms with Gasteiger partial charge in [0.05, 0.1) is 13.1 Å². The molecule has 0 amide bonds. The number of piperidine rings is 1. The van der Waals surface area contributed by atoms with Crippen LogP contribution in [0.5, 0.6) is 0 Å². The monoisotopic (exact) mass is 396 g/mol. The fourth-order valence-corrected chi connectivity index (χ4v) is 4.46. The Morgan fingerprint density at radius 3 is 2.43 bits per heavy atom. The van der Waals surface area contributed by atoms with Crippen molar-refractivity contribution in [1.29, 1.82) is 0 Å². The van der Waals surface area contributed by atoms with E-state index in [-0.39, 0.29) is 5.82 Å². The molecule has 4 rings (SSSR count). The van der Waals surface area contributed by atoms with Gasteiger partial charge in [-0.1, -0.05) is 60.6 Å². The molecule has 0 atom stereocenters. The molecule has 0 spiro atoms. The first-order valence-electron chi connectivity index (χ1n) is 9.83. The van der Waals surface area contributed by atoms with E-state index in [0.717, 1.165) is 42.7 Å². The number of halogens is 1. The second-order valence-electron chi connectivity index (χ2n) is 7.23. The Kier molecular flexibility index (Phi) is 6.39. The van der Waals surface area contributed by atoms with Crippen LogP contribution in [0.1, 0.15) is 36.2 Å². The summed E-state index contributed by atoms with van der Waals surface area (Å²) in [5, 5.41) is 9.87. The maximum absolute atomic E-state index is 13.5. The number of aromatic nitrogens is 3. The van der Waals surface area contributed by atoms with Crippen molar-refractivity contribution in [2.75, 3.05) is 13.1 Å². The average molecular weight is 397 g/mol. The molecule has 1 fully saturated rings. The molecule has 146 valence electrons. The molecule has 0 aliphatic carbocycles. The minimum absolute atomic E-state index is 0.199. The van der Waals surface area contributed by atoms with Crippen molar-refractivity contribution in [2.24, 2.45) is 0 Å². The molecule has 0 N–H and O–H groups in total. The molecule has 0 radical (unpaired) electrons. The van der Waals surface area contributed by atoms with Gasteiger partial charge >= 0.3 is 0 Å². The zero-order valence-corrected chi connectivity index (χ0v) is 16.7. The van der Waals surface area contributed by atoms with Crippen molar-refractivity contribution in [2.45, 2.75) is 43.3 Å². The normalized spacial score (nSPS) is 15.0. The Balaban J connectivity index is 1.53. The second-order valence-corrected chi connectivity index (χ2v) is 8.17.